The van der Waals surface area contributed by atoms with Crippen LogP contribution in [0.15, 0.2) is 48.7 Å². The van der Waals surface area contributed by atoms with Gasteiger partial charge in [-0.1, -0.05) is 12.1 Å². The van der Waals surface area contributed by atoms with Crippen molar-refractivity contribution in [3.8, 4) is 11.4 Å². The van der Waals surface area contributed by atoms with E-state index in [0.717, 1.165) is 41.4 Å². The number of anilines is 2. The van der Waals surface area contributed by atoms with Crippen LogP contribution < -0.4 is 15.1 Å². The van der Waals surface area contributed by atoms with Crippen LogP contribution in [0.25, 0.3) is 11.4 Å². The van der Waals surface area contributed by atoms with Crippen molar-refractivity contribution in [3.63, 3.8) is 0 Å². The zero-order valence-electron chi connectivity index (χ0n) is 18.9. The molecule has 1 aliphatic rings. The number of benzene rings is 1. The van der Waals surface area contributed by atoms with Gasteiger partial charge in [-0.05, 0) is 36.2 Å². The largest absolute Gasteiger partial charge is 0.378 e. The molecule has 1 aliphatic heterocycles. The second kappa shape index (κ2) is 9.30. The van der Waals surface area contributed by atoms with E-state index < -0.39 is 0 Å². The van der Waals surface area contributed by atoms with E-state index in [2.05, 4.69) is 10.4 Å². The minimum atomic E-state index is -0.120. The topological polar surface area (TPSA) is 75.4 Å². The van der Waals surface area contributed by atoms with E-state index in [9.17, 15) is 9.59 Å². The number of aryl methyl sites for hydroxylation is 2. The lowest BCUT2D eigenvalue weighted by molar-refractivity contribution is -0.125. The maximum atomic E-state index is 12.9. The fraction of sp³-hybridized carbons (Fsp3) is 0.375. The molecule has 2 amide bonds. The monoisotopic (exact) mass is 434 g/mol. The highest BCUT2D eigenvalue weighted by atomic mass is 16.2. The Morgan fingerprint density at radius 2 is 1.88 bits per heavy atom. The standard InChI is InChI=1S/C24H30N6O2/c1-27(2)19-9-7-18(8-10-19)17-25-22(31)11-12-24(32)29-14-5-15-30-23(29)16-20(26-30)21-6-4-13-28(21)3/h4,6-10,13,16H,5,11-12,14-15,17H2,1-3H3,(H,25,31). The van der Waals surface area contributed by atoms with Gasteiger partial charge in [0.05, 0.1) is 5.69 Å². The van der Waals surface area contributed by atoms with E-state index in [-0.39, 0.29) is 24.7 Å². The third kappa shape index (κ3) is 4.69. The molecule has 0 unspecified atom stereocenters. The van der Waals surface area contributed by atoms with E-state index in [1.807, 2.05) is 84.0 Å². The predicted molar refractivity (Wildman–Crippen MR) is 125 cm³/mol. The summed E-state index contributed by atoms with van der Waals surface area (Å²) in [5.74, 6) is 0.638. The van der Waals surface area contributed by atoms with Crippen molar-refractivity contribution in [2.24, 2.45) is 7.05 Å². The Hall–Kier alpha value is -3.55. The molecule has 0 saturated carbocycles. The smallest absolute Gasteiger partial charge is 0.228 e. The molecule has 0 bridgehead atoms. The highest BCUT2D eigenvalue weighted by molar-refractivity contribution is 5.95. The maximum absolute atomic E-state index is 12.9. The molecule has 3 heterocycles. The summed E-state index contributed by atoms with van der Waals surface area (Å²) in [6.07, 6.45) is 3.17. The van der Waals surface area contributed by atoms with Gasteiger partial charge in [-0.25, -0.2) is 4.68 Å². The first-order chi connectivity index (χ1) is 15.4. The molecule has 1 aromatic carbocycles. The molecular weight excluding hydrogens is 404 g/mol. The number of nitrogens with zero attached hydrogens (tertiary/aromatic N) is 5. The van der Waals surface area contributed by atoms with Crippen molar-refractivity contribution in [2.45, 2.75) is 32.4 Å². The number of aromatic nitrogens is 3. The molecule has 0 aliphatic carbocycles. The van der Waals surface area contributed by atoms with Crippen LogP contribution in [-0.2, 0) is 29.7 Å². The molecule has 4 rings (SSSR count). The van der Waals surface area contributed by atoms with Crippen molar-refractivity contribution in [1.82, 2.24) is 19.7 Å². The normalized spacial score (nSPS) is 13.0. The van der Waals surface area contributed by atoms with Gasteiger partial charge < -0.3 is 14.8 Å². The summed E-state index contributed by atoms with van der Waals surface area (Å²) in [4.78, 5) is 29.0. The van der Waals surface area contributed by atoms with Crippen molar-refractivity contribution >= 4 is 23.3 Å². The van der Waals surface area contributed by atoms with Gasteiger partial charge >= 0.3 is 0 Å². The average molecular weight is 435 g/mol. The molecule has 168 valence electrons. The predicted octanol–water partition coefficient (Wildman–Crippen LogP) is 2.79. The van der Waals surface area contributed by atoms with Gasteiger partial charge in [0.25, 0.3) is 0 Å². The Balaban J connectivity index is 1.32. The minimum absolute atomic E-state index is 0.0465. The lowest BCUT2D eigenvalue weighted by Crippen LogP contribution is -2.38. The van der Waals surface area contributed by atoms with Gasteiger partial charge in [-0.2, -0.15) is 5.10 Å². The molecular formula is C24H30N6O2. The van der Waals surface area contributed by atoms with Crippen molar-refractivity contribution in [1.29, 1.82) is 0 Å². The zero-order valence-corrected chi connectivity index (χ0v) is 18.9. The van der Waals surface area contributed by atoms with Gasteiger partial charge in [-0.3, -0.25) is 14.5 Å². The number of carbonyl (C=O) groups is 2. The molecule has 8 nitrogen and oxygen atoms in total. The Morgan fingerprint density at radius 1 is 1.09 bits per heavy atom. The third-order valence-corrected chi connectivity index (χ3v) is 5.80. The maximum Gasteiger partial charge on any atom is 0.228 e. The van der Waals surface area contributed by atoms with Crippen LogP contribution in [0.3, 0.4) is 0 Å². The average Bonchev–Trinajstić information content (AvgIpc) is 3.41. The van der Waals surface area contributed by atoms with E-state index in [4.69, 9.17) is 0 Å². The Labute approximate surface area is 188 Å². The van der Waals surface area contributed by atoms with Crippen LogP contribution in [0.1, 0.15) is 24.8 Å². The van der Waals surface area contributed by atoms with E-state index >= 15 is 0 Å². The highest BCUT2D eigenvalue weighted by Gasteiger charge is 2.25. The Morgan fingerprint density at radius 3 is 2.56 bits per heavy atom. The number of carbonyl (C=O) groups excluding carboxylic acids is 2. The SMILES string of the molecule is CN(C)c1ccc(CNC(=O)CCC(=O)N2CCCn3nc(-c4cccn4C)cc32)cc1. The van der Waals surface area contributed by atoms with Gasteiger partial charge in [0.1, 0.15) is 11.5 Å². The molecule has 0 fully saturated rings. The summed E-state index contributed by atoms with van der Waals surface area (Å²) in [5, 5.41) is 7.59. The molecule has 3 aromatic rings. The Bertz CT molecular complexity index is 1100. The summed E-state index contributed by atoms with van der Waals surface area (Å²) >= 11 is 0. The third-order valence-electron chi connectivity index (χ3n) is 5.80. The molecule has 8 heteroatoms. The van der Waals surface area contributed by atoms with E-state index in [1.54, 1.807) is 4.90 Å². The van der Waals surface area contributed by atoms with Gasteiger partial charge in [0.15, 0.2) is 0 Å². The summed E-state index contributed by atoms with van der Waals surface area (Å²) in [6, 6.07) is 14.0. The number of nitrogens with one attached hydrogen (secondary N) is 1. The molecule has 1 N–H and O–H groups in total. The van der Waals surface area contributed by atoms with E-state index in [0.29, 0.717) is 13.1 Å². The second-order valence-electron chi connectivity index (χ2n) is 8.35. The first-order valence-electron chi connectivity index (χ1n) is 11.0. The van der Waals surface area contributed by atoms with Crippen molar-refractivity contribution in [2.75, 3.05) is 30.4 Å². The van der Waals surface area contributed by atoms with Gasteiger partial charge in [0, 0.05) is 71.6 Å². The number of fused-ring (bicyclic) bond motifs is 1. The zero-order chi connectivity index (χ0) is 22.7. The molecule has 2 aromatic heterocycles. The summed E-state index contributed by atoms with van der Waals surface area (Å²) in [5.41, 5.74) is 4.01. The first kappa shape index (κ1) is 21.7. The molecule has 0 radical (unpaired) electrons. The Kier molecular flexibility index (Phi) is 6.30. The summed E-state index contributed by atoms with van der Waals surface area (Å²) in [7, 11) is 5.96. The van der Waals surface area contributed by atoms with Crippen LogP contribution in [0, 0.1) is 0 Å². The van der Waals surface area contributed by atoms with Gasteiger partial charge in [-0.15, -0.1) is 0 Å². The molecule has 0 saturated heterocycles. The highest BCUT2D eigenvalue weighted by Crippen LogP contribution is 2.28. The molecule has 0 atom stereocenters. The fourth-order valence-corrected chi connectivity index (χ4v) is 3.94. The lowest BCUT2D eigenvalue weighted by Gasteiger charge is -2.27. The number of hydrogen-bond donors (Lipinski definition) is 1. The van der Waals surface area contributed by atoms with Gasteiger partial charge in [0.2, 0.25) is 11.8 Å². The second-order valence-corrected chi connectivity index (χ2v) is 8.35. The number of amides is 2. The lowest BCUT2D eigenvalue weighted by atomic mass is 10.2. The van der Waals surface area contributed by atoms with Crippen molar-refractivity contribution < 1.29 is 9.59 Å². The van der Waals surface area contributed by atoms with E-state index in [1.165, 1.54) is 0 Å². The number of rotatable bonds is 7. The van der Waals surface area contributed by atoms with Crippen LogP contribution in [0.2, 0.25) is 0 Å². The van der Waals surface area contributed by atoms with Crippen LogP contribution in [0.5, 0.6) is 0 Å². The van der Waals surface area contributed by atoms with Crippen LogP contribution in [0.4, 0.5) is 11.5 Å². The summed E-state index contributed by atoms with van der Waals surface area (Å²) in [6.45, 7) is 1.89. The first-order valence-corrected chi connectivity index (χ1v) is 11.0. The fourth-order valence-electron chi connectivity index (χ4n) is 3.94. The minimum Gasteiger partial charge on any atom is -0.378 e. The van der Waals surface area contributed by atoms with Crippen LogP contribution in [-0.4, -0.2) is 46.8 Å². The molecule has 0 spiro atoms. The quantitative estimate of drug-likeness (QED) is 0.621. The number of hydrogen-bond acceptors (Lipinski definition) is 4. The van der Waals surface area contributed by atoms with Crippen molar-refractivity contribution in [3.05, 3.63) is 54.2 Å². The molecule has 32 heavy (non-hydrogen) atoms. The summed E-state index contributed by atoms with van der Waals surface area (Å²) < 4.78 is 3.90. The van der Waals surface area contributed by atoms with Crippen LogP contribution >= 0.6 is 0 Å².